The van der Waals surface area contributed by atoms with Crippen LogP contribution in [0.2, 0.25) is 0 Å². The van der Waals surface area contributed by atoms with E-state index in [1.165, 1.54) is 17.8 Å². The van der Waals surface area contributed by atoms with E-state index >= 15 is 0 Å². The fourth-order valence-corrected chi connectivity index (χ4v) is 7.20. The Labute approximate surface area is 253 Å². The van der Waals surface area contributed by atoms with Gasteiger partial charge in [0.25, 0.3) is 0 Å². The molecule has 246 valence electrons. The normalized spacial score (nSPS) is 14.3. The van der Waals surface area contributed by atoms with Crippen molar-refractivity contribution in [3.8, 4) is 11.8 Å². The summed E-state index contributed by atoms with van der Waals surface area (Å²) in [4.78, 5) is 8.55. The smallest absolute Gasteiger partial charge is 0.356 e. The summed E-state index contributed by atoms with van der Waals surface area (Å²) in [5, 5.41) is 19.9. The molecule has 2 N–H and O–H groups in total. The molecule has 42 heavy (non-hydrogen) atoms. The first kappa shape index (κ1) is 39.2. The van der Waals surface area contributed by atoms with Crippen molar-refractivity contribution in [2.24, 2.45) is 0 Å². The second kappa shape index (κ2) is 19.5. The Balaban J connectivity index is 2.83. The van der Waals surface area contributed by atoms with Gasteiger partial charge in [-0.05, 0) is 61.6 Å². The Morgan fingerprint density at radius 3 is 1.29 bits per heavy atom. The minimum atomic E-state index is -3.57. The average Bonchev–Trinajstić information content (AvgIpc) is 2.86. The third-order valence-corrected chi connectivity index (χ3v) is 8.95. The zero-order valence-electron chi connectivity index (χ0n) is 26.0. The van der Waals surface area contributed by atoms with Crippen LogP contribution in [0.15, 0.2) is 11.2 Å². The molecule has 1 heterocycles. The largest absolute Gasteiger partial charge is 0.475 e. The summed E-state index contributed by atoms with van der Waals surface area (Å²) >= 11 is 1.24. The van der Waals surface area contributed by atoms with Crippen molar-refractivity contribution in [1.82, 2.24) is 9.97 Å². The van der Waals surface area contributed by atoms with Crippen molar-refractivity contribution in [3.05, 3.63) is 6.07 Å². The van der Waals surface area contributed by atoms with Crippen molar-refractivity contribution < 1.29 is 56.4 Å². The number of thioether (sulfide) groups is 1. The maximum atomic E-state index is 13.0. The molecule has 17 heteroatoms. The van der Waals surface area contributed by atoms with E-state index in [1.807, 2.05) is 0 Å². The highest BCUT2D eigenvalue weighted by Crippen LogP contribution is 2.51. The number of ether oxygens (including phenoxy) is 4. The van der Waals surface area contributed by atoms with Crippen molar-refractivity contribution in [2.75, 3.05) is 45.4 Å². The minimum absolute atomic E-state index is 0.131. The van der Waals surface area contributed by atoms with Gasteiger partial charge in [0.1, 0.15) is 38.1 Å². The molecule has 0 bridgehead atoms. The van der Waals surface area contributed by atoms with Crippen molar-refractivity contribution in [1.29, 1.82) is 0 Å². The molecule has 0 radical (unpaired) electrons. The predicted molar refractivity (Wildman–Crippen MR) is 159 cm³/mol. The molecular formula is C25H48N2O12P2S. The number of rotatable bonds is 23. The molecular weight excluding hydrogens is 614 g/mol. The van der Waals surface area contributed by atoms with Crippen LogP contribution in [0.5, 0.6) is 11.8 Å². The fraction of sp³-hybridized carbons (Fsp3) is 0.840. The number of nitrogens with zero attached hydrogens (tertiary/aromatic N) is 2. The van der Waals surface area contributed by atoms with Crippen LogP contribution in [-0.4, -0.2) is 102 Å². The van der Waals surface area contributed by atoms with Gasteiger partial charge in [0.05, 0.1) is 43.7 Å². The highest BCUT2D eigenvalue weighted by Gasteiger charge is 2.31. The Kier molecular flexibility index (Phi) is 18.2. The van der Waals surface area contributed by atoms with Gasteiger partial charge in [-0.15, -0.1) is 0 Å². The first-order chi connectivity index (χ1) is 19.6. The molecule has 14 nitrogen and oxygen atoms in total. The van der Waals surface area contributed by atoms with Gasteiger partial charge >= 0.3 is 15.2 Å². The standard InChI is InChI=1S/C25H48N2O12P2S/c1-17(2)36-40(30,37-18(3)4)15-34-21(11-28)13-32-23-10-24(27-25(26-23)42-9)33-14-22(12-29)35-16-41(31,38-19(5)6)39-20(7)8/h10,17-22,28-29H,11-16H2,1-9H3/t21-,22-/m1/s1. The van der Waals surface area contributed by atoms with Gasteiger partial charge in [0.15, 0.2) is 5.16 Å². The zero-order chi connectivity index (χ0) is 31.9. The molecule has 1 rings (SSSR count). The average molecular weight is 663 g/mol. The number of aliphatic hydroxyl groups excluding tert-OH is 2. The number of aliphatic hydroxyl groups is 2. The molecule has 1 aromatic rings. The Hall–Kier alpha value is -0.830. The molecule has 0 amide bonds. The van der Waals surface area contributed by atoms with Crippen LogP contribution in [-0.2, 0) is 36.7 Å². The second-order valence-electron chi connectivity index (χ2n) is 10.2. The summed E-state index contributed by atoms with van der Waals surface area (Å²) in [5.41, 5.74) is 0. The maximum Gasteiger partial charge on any atom is 0.356 e. The van der Waals surface area contributed by atoms with Gasteiger partial charge in [0.2, 0.25) is 11.8 Å². The first-order valence-corrected chi connectivity index (χ1v) is 18.4. The van der Waals surface area contributed by atoms with E-state index in [4.69, 9.17) is 37.0 Å². The Morgan fingerprint density at radius 2 is 1.02 bits per heavy atom. The summed E-state index contributed by atoms with van der Waals surface area (Å²) in [6.45, 7) is 12.8. The Bertz CT molecular complexity index is 902. The van der Waals surface area contributed by atoms with Gasteiger partial charge in [-0.2, -0.15) is 9.97 Å². The summed E-state index contributed by atoms with van der Waals surface area (Å²) < 4.78 is 70.5. The van der Waals surface area contributed by atoms with Gasteiger partial charge in [-0.3, -0.25) is 9.13 Å². The van der Waals surface area contributed by atoms with E-state index in [0.717, 1.165) is 0 Å². The summed E-state index contributed by atoms with van der Waals surface area (Å²) in [7, 11) is -7.14. The molecule has 0 saturated heterocycles. The molecule has 0 aliphatic heterocycles. The summed E-state index contributed by atoms with van der Waals surface area (Å²) in [6.07, 6.45) is -2.09. The molecule has 0 aliphatic rings. The van der Waals surface area contributed by atoms with Crippen LogP contribution in [0.4, 0.5) is 0 Å². The third-order valence-electron chi connectivity index (χ3n) is 4.51. The van der Waals surface area contributed by atoms with Gasteiger partial charge in [-0.1, -0.05) is 11.8 Å². The zero-order valence-corrected chi connectivity index (χ0v) is 28.6. The van der Waals surface area contributed by atoms with E-state index in [-0.39, 0.29) is 62.1 Å². The van der Waals surface area contributed by atoms with Crippen molar-refractivity contribution in [2.45, 2.75) is 97.2 Å². The fourth-order valence-electron chi connectivity index (χ4n) is 3.14. The number of aromatic nitrogens is 2. The van der Waals surface area contributed by atoms with Crippen LogP contribution < -0.4 is 9.47 Å². The van der Waals surface area contributed by atoms with Gasteiger partial charge < -0.3 is 47.3 Å². The van der Waals surface area contributed by atoms with Gasteiger partial charge in [-0.25, -0.2) is 0 Å². The van der Waals surface area contributed by atoms with Crippen LogP contribution in [0.3, 0.4) is 0 Å². The molecule has 0 spiro atoms. The lowest BCUT2D eigenvalue weighted by atomic mass is 10.4. The second-order valence-corrected chi connectivity index (χ2v) is 14.8. The highest BCUT2D eigenvalue weighted by molar-refractivity contribution is 7.98. The quantitative estimate of drug-likeness (QED) is 0.0936. The van der Waals surface area contributed by atoms with E-state index in [2.05, 4.69) is 9.97 Å². The topological polar surface area (TPSA) is 174 Å². The SMILES string of the molecule is CSc1nc(OC[C@@H](CO)OCP(=O)(OC(C)C)OC(C)C)cc(OC[C@@H](CO)OCP(=O)(OC(C)C)OC(C)C)n1. The molecule has 2 atom stereocenters. The molecule has 1 aromatic heterocycles. The summed E-state index contributed by atoms with van der Waals surface area (Å²) in [5.74, 6) is 0.265. The lowest BCUT2D eigenvalue weighted by Gasteiger charge is -2.25. The maximum absolute atomic E-state index is 13.0. The van der Waals surface area contributed by atoms with Crippen LogP contribution >= 0.6 is 27.0 Å². The minimum Gasteiger partial charge on any atom is -0.475 e. The first-order valence-electron chi connectivity index (χ1n) is 13.7. The monoisotopic (exact) mass is 662 g/mol. The predicted octanol–water partition coefficient (Wildman–Crippen LogP) is 4.71. The van der Waals surface area contributed by atoms with Crippen LogP contribution in [0.25, 0.3) is 0 Å². The van der Waals surface area contributed by atoms with E-state index in [1.54, 1.807) is 61.6 Å². The van der Waals surface area contributed by atoms with Crippen LogP contribution in [0.1, 0.15) is 55.4 Å². The molecule has 0 aromatic carbocycles. The van der Waals surface area contributed by atoms with E-state index in [0.29, 0.717) is 5.16 Å². The number of hydrogen-bond donors (Lipinski definition) is 2. The highest BCUT2D eigenvalue weighted by atomic mass is 32.2. The lowest BCUT2D eigenvalue weighted by molar-refractivity contribution is -0.00786. The molecule has 0 fully saturated rings. The lowest BCUT2D eigenvalue weighted by Crippen LogP contribution is -2.28. The molecule has 0 aliphatic carbocycles. The Morgan fingerprint density at radius 1 is 0.690 bits per heavy atom. The van der Waals surface area contributed by atoms with E-state index in [9.17, 15) is 19.3 Å². The molecule has 0 saturated carbocycles. The molecule has 0 unspecified atom stereocenters. The van der Waals surface area contributed by atoms with Crippen molar-refractivity contribution in [3.63, 3.8) is 0 Å². The summed E-state index contributed by atoms with van der Waals surface area (Å²) in [6, 6.07) is 1.42. The third kappa shape index (κ3) is 16.3. The van der Waals surface area contributed by atoms with Crippen molar-refractivity contribution >= 4 is 27.0 Å². The number of hydrogen-bond acceptors (Lipinski definition) is 15. The van der Waals surface area contributed by atoms with E-state index < -0.39 is 40.6 Å². The van der Waals surface area contributed by atoms with Crippen LogP contribution in [0, 0.1) is 0 Å². The van der Waals surface area contributed by atoms with Gasteiger partial charge in [0, 0.05) is 0 Å².